The van der Waals surface area contributed by atoms with Crippen LogP contribution in [0.25, 0.3) is 0 Å². The molecule has 1 rings (SSSR count). The lowest BCUT2D eigenvalue weighted by Gasteiger charge is -2.36. The Kier molecular flexibility index (Phi) is 4.17. The van der Waals surface area contributed by atoms with Gasteiger partial charge in [0, 0.05) is 19.0 Å². The molecule has 0 aromatic heterocycles. The van der Waals surface area contributed by atoms with Gasteiger partial charge in [0.2, 0.25) is 0 Å². The van der Waals surface area contributed by atoms with Crippen molar-refractivity contribution < 1.29 is 0 Å². The predicted octanol–water partition coefficient (Wildman–Crippen LogP) is 3.23. The largest absolute Gasteiger partial charge is 0.364 e. The molecular weight excluding hydrogens is 178 g/mol. The van der Waals surface area contributed by atoms with E-state index in [4.69, 9.17) is 12.2 Å². The molecular formula is C11H21NS. The Hall–Kier alpha value is -0.110. The van der Waals surface area contributed by atoms with Gasteiger partial charge >= 0.3 is 0 Å². The fourth-order valence-electron chi connectivity index (χ4n) is 2.11. The van der Waals surface area contributed by atoms with E-state index in [1.807, 2.05) is 0 Å². The summed E-state index contributed by atoms with van der Waals surface area (Å²) in [4.78, 5) is 3.57. The van der Waals surface area contributed by atoms with Crippen molar-refractivity contribution in [2.45, 2.75) is 52.5 Å². The van der Waals surface area contributed by atoms with Gasteiger partial charge in [0.1, 0.15) is 0 Å². The van der Waals surface area contributed by atoms with E-state index in [2.05, 4.69) is 25.7 Å². The molecule has 1 fully saturated rings. The SMILES string of the molecule is CCCC1CCN(C(C)C)C(=S)C1. The van der Waals surface area contributed by atoms with Gasteiger partial charge in [0.05, 0.1) is 4.99 Å². The van der Waals surface area contributed by atoms with Crippen molar-refractivity contribution in [3.05, 3.63) is 0 Å². The first-order valence-corrected chi connectivity index (χ1v) is 5.85. The average Bonchev–Trinajstić information content (AvgIpc) is 2.04. The van der Waals surface area contributed by atoms with Gasteiger partial charge in [-0.1, -0.05) is 32.0 Å². The zero-order valence-electron chi connectivity index (χ0n) is 9.05. The molecule has 0 aliphatic carbocycles. The molecule has 0 N–H and O–H groups in total. The molecule has 1 aliphatic rings. The number of piperidine rings is 1. The Bertz CT molecular complexity index is 177. The Morgan fingerprint density at radius 3 is 2.69 bits per heavy atom. The predicted molar refractivity (Wildman–Crippen MR) is 62.1 cm³/mol. The van der Waals surface area contributed by atoms with Gasteiger partial charge in [-0.25, -0.2) is 0 Å². The summed E-state index contributed by atoms with van der Waals surface area (Å²) < 4.78 is 0. The van der Waals surface area contributed by atoms with Crippen LogP contribution in [0, 0.1) is 5.92 Å². The van der Waals surface area contributed by atoms with Gasteiger partial charge in [-0.15, -0.1) is 0 Å². The molecule has 2 heteroatoms. The molecule has 0 radical (unpaired) electrons. The quantitative estimate of drug-likeness (QED) is 0.642. The fraction of sp³-hybridized carbons (Fsp3) is 0.909. The Balaban J connectivity index is 2.42. The summed E-state index contributed by atoms with van der Waals surface area (Å²) in [6.07, 6.45) is 5.15. The van der Waals surface area contributed by atoms with Crippen LogP contribution in [0.5, 0.6) is 0 Å². The third-order valence-electron chi connectivity index (χ3n) is 2.88. The van der Waals surface area contributed by atoms with Crippen LogP contribution in [-0.2, 0) is 0 Å². The van der Waals surface area contributed by atoms with Crippen molar-refractivity contribution in [3.8, 4) is 0 Å². The van der Waals surface area contributed by atoms with E-state index in [0.29, 0.717) is 6.04 Å². The summed E-state index contributed by atoms with van der Waals surface area (Å²) in [5, 5.41) is 0. The van der Waals surface area contributed by atoms with Crippen LogP contribution in [-0.4, -0.2) is 22.5 Å². The topological polar surface area (TPSA) is 3.24 Å². The number of thiocarbonyl (C=S) groups is 1. The monoisotopic (exact) mass is 199 g/mol. The minimum atomic E-state index is 0.593. The van der Waals surface area contributed by atoms with Crippen LogP contribution in [0.2, 0.25) is 0 Å². The van der Waals surface area contributed by atoms with E-state index in [1.165, 1.54) is 30.8 Å². The van der Waals surface area contributed by atoms with E-state index < -0.39 is 0 Å². The second-order valence-electron chi connectivity index (χ2n) is 4.33. The Morgan fingerprint density at radius 1 is 1.54 bits per heavy atom. The van der Waals surface area contributed by atoms with Crippen LogP contribution >= 0.6 is 12.2 Å². The molecule has 0 aromatic carbocycles. The van der Waals surface area contributed by atoms with E-state index in [1.54, 1.807) is 0 Å². The third-order valence-corrected chi connectivity index (χ3v) is 3.28. The molecule has 76 valence electrons. The minimum absolute atomic E-state index is 0.593. The van der Waals surface area contributed by atoms with Crippen LogP contribution < -0.4 is 0 Å². The van der Waals surface area contributed by atoms with Gasteiger partial charge in [-0.2, -0.15) is 0 Å². The van der Waals surface area contributed by atoms with Crippen LogP contribution in [0.15, 0.2) is 0 Å². The zero-order valence-corrected chi connectivity index (χ0v) is 9.86. The molecule has 0 spiro atoms. The number of rotatable bonds is 3. The highest BCUT2D eigenvalue weighted by Gasteiger charge is 2.23. The fourth-order valence-corrected chi connectivity index (χ4v) is 2.65. The maximum absolute atomic E-state index is 5.42. The van der Waals surface area contributed by atoms with E-state index in [-0.39, 0.29) is 0 Å². The van der Waals surface area contributed by atoms with Crippen molar-refractivity contribution in [3.63, 3.8) is 0 Å². The van der Waals surface area contributed by atoms with Crippen molar-refractivity contribution in [1.29, 1.82) is 0 Å². The second-order valence-corrected chi connectivity index (χ2v) is 4.80. The first-order valence-electron chi connectivity index (χ1n) is 5.44. The van der Waals surface area contributed by atoms with Gasteiger partial charge in [0.25, 0.3) is 0 Å². The summed E-state index contributed by atoms with van der Waals surface area (Å²) in [5.74, 6) is 0.868. The molecule has 0 aromatic rings. The summed E-state index contributed by atoms with van der Waals surface area (Å²) in [6, 6.07) is 0.593. The lowest BCUT2D eigenvalue weighted by atomic mass is 9.92. The smallest absolute Gasteiger partial charge is 0.0784 e. The van der Waals surface area contributed by atoms with E-state index >= 15 is 0 Å². The highest BCUT2D eigenvalue weighted by molar-refractivity contribution is 7.80. The molecule has 1 unspecified atom stereocenters. The molecule has 1 heterocycles. The molecule has 1 nitrogen and oxygen atoms in total. The zero-order chi connectivity index (χ0) is 9.84. The summed E-state index contributed by atoms with van der Waals surface area (Å²) >= 11 is 5.42. The van der Waals surface area contributed by atoms with Crippen molar-refractivity contribution in [2.24, 2.45) is 5.92 Å². The van der Waals surface area contributed by atoms with Crippen molar-refractivity contribution >= 4 is 17.2 Å². The van der Waals surface area contributed by atoms with E-state index in [9.17, 15) is 0 Å². The number of likely N-dealkylation sites (tertiary alicyclic amines) is 1. The minimum Gasteiger partial charge on any atom is -0.364 e. The first kappa shape index (κ1) is 11.0. The lowest BCUT2D eigenvalue weighted by molar-refractivity contribution is 0.271. The first-order chi connectivity index (χ1) is 6.15. The molecule has 13 heavy (non-hydrogen) atoms. The van der Waals surface area contributed by atoms with Crippen LogP contribution in [0.3, 0.4) is 0 Å². The summed E-state index contributed by atoms with van der Waals surface area (Å²) in [6.45, 7) is 7.90. The number of hydrogen-bond donors (Lipinski definition) is 0. The molecule has 0 amide bonds. The molecule has 0 bridgehead atoms. The van der Waals surface area contributed by atoms with Gasteiger partial charge in [0.15, 0.2) is 0 Å². The van der Waals surface area contributed by atoms with Crippen LogP contribution in [0.4, 0.5) is 0 Å². The molecule has 0 saturated carbocycles. The molecule has 1 atom stereocenters. The standard InChI is InChI=1S/C11H21NS/c1-4-5-10-6-7-12(9(2)3)11(13)8-10/h9-10H,4-8H2,1-3H3. The van der Waals surface area contributed by atoms with Crippen LogP contribution in [0.1, 0.15) is 46.5 Å². The highest BCUT2D eigenvalue weighted by Crippen LogP contribution is 2.24. The molecule has 1 saturated heterocycles. The van der Waals surface area contributed by atoms with Gasteiger partial charge < -0.3 is 4.90 Å². The maximum Gasteiger partial charge on any atom is 0.0784 e. The van der Waals surface area contributed by atoms with Crippen molar-refractivity contribution in [1.82, 2.24) is 4.90 Å². The number of nitrogens with zero attached hydrogens (tertiary/aromatic N) is 1. The van der Waals surface area contributed by atoms with Gasteiger partial charge in [-0.05, 0) is 26.2 Å². The lowest BCUT2D eigenvalue weighted by Crippen LogP contribution is -2.41. The Morgan fingerprint density at radius 2 is 2.23 bits per heavy atom. The normalized spacial score (nSPS) is 24.2. The van der Waals surface area contributed by atoms with Crippen molar-refractivity contribution in [2.75, 3.05) is 6.54 Å². The third kappa shape index (κ3) is 2.94. The average molecular weight is 199 g/mol. The molecule has 1 aliphatic heterocycles. The van der Waals surface area contributed by atoms with Gasteiger partial charge in [-0.3, -0.25) is 0 Å². The highest BCUT2D eigenvalue weighted by atomic mass is 32.1. The second kappa shape index (κ2) is 4.94. The maximum atomic E-state index is 5.42. The summed E-state index contributed by atoms with van der Waals surface area (Å²) in [5.41, 5.74) is 0. The number of hydrogen-bond acceptors (Lipinski definition) is 1. The van der Waals surface area contributed by atoms with E-state index in [0.717, 1.165) is 12.3 Å². The Labute approximate surface area is 87.5 Å². The summed E-state index contributed by atoms with van der Waals surface area (Å²) in [7, 11) is 0.